The SMILES string of the molecule is CCNC(=O)Oc1cccc(C(C)=O)c1. The molecule has 15 heavy (non-hydrogen) atoms. The Labute approximate surface area is 88.2 Å². The summed E-state index contributed by atoms with van der Waals surface area (Å²) in [5.41, 5.74) is 0.525. The van der Waals surface area contributed by atoms with E-state index < -0.39 is 6.09 Å². The molecule has 0 saturated carbocycles. The Balaban J connectivity index is 2.73. The van der Waals surface area contributed by atoms with Gasteiger partial charge in [0.25, 0.3) is 0 Å². The Kier molecular flexibility index (Phi) is 3.85. The summed E-state index contributed by atoms with van der Waals surface area (Å²) < 4.78 is 4.94. The van der Waals surface area contributed by atoms with Crippen LogP contribution in [0.4, 0.5) is 4.79 Å². The van der Waals surface area contributed by atoms with Crippen LogP contribution in [0, 0.1) is 0 Å². The van der Waals surface area contributed by atoms with Crippen LogP contribution >= 0.6 is 0 Å². The highest BCUT2D eigenvalue weighted by atomic mass is 16.6. The van der Waals surface area contributed by atoms with Crippen LogP contribution in [-0.2, 0) is 0 Å². The fourth-order valence-corrected chi connectivity index (χ4v) is 1.07. The van der Waals surface area contributed by atoms with E-state index in [2.05, 4.69) is 5.32 Å². The van der Waals surface area contributed by atoms with Gasteiger partial charge in [0.1, 0.15) is 5.75 Å². The largest absolute Gasteiger partial charge is 0.412 e. The number of rotatable bonds is 3. The number of benzene rings is 1. The zero-order chi connectivity index (χ0) is 11.3. The third-order valence-electron chi connectivity index (χ3n) is 1.77. The van der Waals surface area contributed by atoms with E-state index in [-0.39, 0.29) is 5.78 Å². The number of hydrogen-bond acceptors (Lipinski definition) is 3. The van der Waals surface area contributed by atoms with Crippen LogP contribution in [-0.4, -0.2) is 18.4 Å². The molecule has 0 aliphatic rings. The van der Waals surface area contributed by atoms with Gasteiger partial charge in [0.05, 0.1) is 0 Å². The van der Waals surface area contributed by atoms with Gasteiger partial charge in [0.15, 0.2) is 5.78 Å². The van der Waals surface area contributed by atoms with Gasteiger partial charge in [-0.25, -0.2) is 4.79 Å². The van der Waals surface area contributed by atoms with E-state index in [0.29, 0.717) is 17.9 Å². The fourth-order valence-electron chi connectivity index (χ4n) is 1.07. The predicted molar refractivity (Wildman–Crippen MR) is 56.1 cm³/mol. The summed E-state index contributed by atoms with van der Waals surface area (Å²) in [6, 6.07) is 6.51. The lowest BCUT2D eigenvalue weighted by atomic mass is 10.1. The molecule has 4 nitrogen and oxygen atoms in total. The van der Waals surface area contributed by atoms with Gasteiger partial charge < -0.3 is 10.1 Å². The van der Waals surface area contributed by atoms with Gasteiger partial charge >= 0.3 is 6.09 Å². The quantitative estimate of drug-likeness (QED) is 0.771. The van der Waals surface area contributed by atoms with Crippen LogP contribution in [0.1, 0.15) is 24.2 Å². The van der Waals surface area contributed by atoms with E-state index in [1.54, 1.807) is 25.1 Å². The molecule has 0 saturated heterocycles. The molecule has 0 bridgehead atoms. The Morgan fingerprint density at radius 1 is 1.40 bits per heavy atom. The highest BCUT2D eigenvalue weighted by Crippen LogP contribution is 2.13. The molecule has 1 aromatic rings. The molecule has 4 heteroatoms. The topological polar surface area (TPSA) is 55.4 Å². The van der Waals surface area contributed by atoms with Gasteiger partial charge in [-0.3, -0.25) is 4.79 Å². The summed E-state index contributed by atoms with van der Waals surface area (Å²) >= 11 is 0. The van der Waals surface area contributed by atoms with Crippen molar-refractivity contribution in [2.75, 3.05) is 6.54 Å². The zero-order valence-electron chi connectivity index (χ0n) is 8.74. The molecular formula is C11H13NO3. The number of ether oxygens (including phenoxy) is 1. The molecule has 0 spiro atoms. The molecule has 1 amide bonds. The van der Waals surface area contributed by atoms with Crippen LogP contribution in [0.2, 0.25) is 0 Å². The lowest BCUT2D eigenvalue weighted by Gasteiger charge is -2.05. The highest BCUT2D eigenvalue weighted by Gasteiger charge is 2.04. The standard InChI is InChI=1S/C11H13NO3/c1-3-12-11(14)15-10-6-4-5-9(7-10)8(2)13/h4-7H,3H2,1-2H3,(H,12,14). The number of ketones is 1. The molecule has 1 N–H and O–H groups in total. The van der Waals surface area contributed by atoms with Gasteiger partial charge in [0.2, 0.25) is 0 Å². The third kappa shape index (κ3) is 3.42. The lowest BCUT2D eigenvalue weighted by molar-refractivity contribution is 0.101. The number of amides is 1. The van der Waals surface area contributed by atoms with Gasteiger partial charge in [-0.1, -0.05) is 12.1 Å². The van der Waals surface area contributed by atoms with E-state index in [1.165, 1.54) is 13.0 Å². The molecule has 0 unspecified atom stereocenters. The van der Waals surface area contributed by atoms with Crippen LogP contribution < -0.4 is 10.1 Å². The summed E-state index contributed by atoms with van der Waals surface area (Å²) in [6.45, 7) is 3.77. The van der Waals surface area contributed by atoms with Crippen molar-refractivity contribution in [1.82, 2.24) is 5.32 Å². The first-order chi connectivity index (χ1) is 7.13. The number of carbonyl (C=O) groups excluding carboxylic acids is 2. The van der Waals surface area contributed by atoms with Crippen LogP contribution in [0.3, 0.4) is 0 Å². The van der Waals surface area contributed by atoms with E-state index in [0.717, 1.165) is 0 Å². The smallest absolute Gasteiger partial charge is 0.410 e. The predicted octanol–water partition coefficient (Wildman–Crippen LogP) is 2.00. The number of carbonyl (C=O) groups is 2. The Hall–Kier alpha value is -1.84. The second kappa shape index (κ2) is 5.14. The van der Waals surface area contributed by atoms with E-state index in [9.17, 15) is 9.59 Å². The molecule has 0 fully saturated rings. The van der Waals surface area contributed by atoms with Crippen molar-refractivity contribution in [2.24, 2.45) is 0 Å². The van der Waals surface area contributed by atoms with Gasteiger partial charge in [-0.05, 0) is 26.0 Å². The molecule has 0 heterocycles. The normalized spacial score (nSPS) is 9.47. The molecule has 0 aromatic heterocycles. The molecule has 1 aromatic carbocycles. The summed E-state index contributed by atoms with van der Waals surface area (Å²) in [4.78, 5) is 22.1. The zero-order valence-corrected chi connectivity index (χ0v) is 8.74. The molecule has 1 rings (SSSR count). The number of Topliss-reactive ketones (excluding diaryl/α,β-unsaturated/α-hetero) is 1. The average Bonchev–Trinajstić information content (AvgIpc) is 2.18. The van der Waals surface area contributed by atoms with Gasteiger partial charge in [-0.2, -0.15) is 0 Å². The number of hydrogen-bond donors (Lipinski definition) is 1. The van der Waals surface area contributed by atoms with E-state index in [1.807, 2.05) is 0 Å². The van der Waals surface area contributed by atoms with Crippen molar-refractivity contribution in [2.45, 2.75) is 13.8 Å². The first-order valence-electron chi connectivity index (χ1n) is 4.70. The van der Waals surface area contributed by atoms with Crippen molar-refractivity contribution >= 4 is 11.9 Å². The molecule has 0 radical (unpaired) electrons. The van der Waals surface area contributed by atoms with Gasteiger partial charge in [-0.15, -0.1) is 0 Å². The second-order valence-corrected chi connectivity index (χ2v) is 3.00. The summed E-state index contributed by atoms with van der Waals surface area (Å²) in [6.07, 6.45) is -0.516. The van der Waals surface area contributed by atoms with Gasteiger partial charge in [0, 0.05) is 12.1 Å². The molecule has 0 aliphatic carbocycles. The van der Waals surface area contributed by atoms with Crippen LogP contribution in [0.15, 0.2) is 24.3 Å². The number of nitrogens with one attached hydrogen (secondary N) is 1. The Bertz CT molecular complexity index is 374. The van der Waals surface area contributed by atoms with Crippen molar-refractivity contribution in [3.63, 3.8) is 0 Å². The minimum absolute atomic E-state index is 0.0589. The van der Waals surface area contributed by atoms with Crippen LogP contribution in [0.25, 0.3) is 0 Å². The Morgan fingerprint density at radius 2 is 2.13 bits per heavy atom. The summed E-state index contributed by atoms with van der Waals surface area (Å²) in [7, 11) is 0. The summed E-state index contributed by atoms with van der Waals surface area (Å²) in [5, 5.41) is 2.50. The van der Waals surface area contributed by atoms with E-state index >= 15 is 0 Å². The van der Waals surface area contributed by atoms with Crippen molar-refractivity contribution in [3.8, 4) is 5.75 Å². The highest BCUT2D eigenvalue weighted by molar-refractivity contribution is 5.94. The minimum Gasteiger partial charge on any atom is -0.410 e. The first-order valence-corrected chi connectivity index (χ1v) is 4.70. The average molecular weight is 207 g/mol. The maximum absolute atomic E-state index is 11.1. The molecule has 0 aliphatic heterocycles. The molecule has 80 valence electrons. The summed E-state index contributed by atoms with van der Waals surface area (Å²) in [5.74, 6) is 0.310. The van der Waals surface area contributed by atoms with Crippen LogP contribution in [0.5, 0.6) is 5.75 Å². The molecular weight excluding hydrogens is 194 g/mol. The maximum atomic E-state index is 11.1. The Morgan fingerprint density at radius 3 is 2.73 bits per heavy atom. The first kappa shape index (κ1) is 11.2. The third-order valence-corrected chi connectivity index (χ3v) is 1.77. The lowest BCUT2D eigenvalue weighted by Crippen LogP contribution is -2.26. The molecule has 0 atom stereocenters. The van der Waals surface area contributed by atoms with E-state index in [4.69, 9.17) is 4.74 Å². The monoisotopic (exact) mass is 207 g/mol. The maximum Gasteiger partial charge on any atom is 0.412 e. The fraction of sp³-hybridized carbons (Fsp3) is 0.273. The minimum atomic E-state index is -0.516. The van der Waals surface area contributed by atoms with Crippen molar-refractivity contribution in [1.29, 1.82) is 0 Å². The van der Waals surface area contributed by atoms with Crippen molar-refractivity contribution in [3.05, 3.63) is 29.8 Å². The second-order valence-electron chi connectivity index (χ2n) is 3.00. The van der Waals surface area contributed by atoms with Crippen molar-refractivity contribution < 1.29 is 14.3 Å².